The van der Waals surface area contributed by atoms with Gasteiger partial charge in [-0.1, -0.05) is 24.3 Å². The topological polar surface area (TPSA) is 115 Å². The zero-order valence-corrected chi connectivity index (χ0v) is 14.4. The molecule has 2 heterocycles. The number of amides is 1. The number of rotatable bonds is 6. The number of nitrogens with zero attached hydrogens (tertiary/aromatic N) is 1. The summed E-state index contributed by atoms with van der Waals surface area (Å²) in [5.41, 5.74) is 4.04. The molecule has 134 valence electrons. The molecule has 0 bridgehead atoms. The Bertz CT molecular complexity index is 719. The number of aromatic nitrogens is 1. The van der Waals surface area contributed by atoms with E-state index in [0.29, 0.717) is 18.7 Å². The summed E-state index contributed by atoms with van der Waals surface area (Å²) in [5.74, 6) is -0.232. The maximum Gasteiger partial charge on any atom is 0.237 e. The van der Waals surface area contributed by atoms with Crippen LogP contribution in [-0.4, -0.2) is 51.5 Å². The highest BCUT2D eigenvalue weighted by molar-refractivity contribution is 7.13. The number of aliphatic hydroxyl groups excluding tert-OH is 3. The van der Waals surface area contributed by atoms with Gasteiger partial charge in [0.05, 0.1) is 47.5 Å². The van der Waals surface area contributed by atoms with E-state index in [1.807, 2.05) is 24.3 Å². The van der Waals surface area contributed by atoms with Crippen LogP contribution in [0.3, 0.4) is 0 Å². The summed E-state index contributed by atoms with van der Waals surface area (Å²) in [4.78, 5) is 17.3. The number of hydrogen-bond acceptors (Lipinski definition) is 7. The van der Waals surface area contributed by atoms with Crippen LogP contribution in [0.25, 0.3) is 10.4 Å². The maximum absolute atomic E-state index is 12.2. The SMILES string of the molecule is O=C(N[C@@H](CO)c1ccc(-c2scnc2CO)cc1)[C@@H]1CC(O)CN1. The van der Waals surface area contributed by atoms with Gasteiger partial charge < -0.3 is 26.0 Å². The summed E-state index contributed by atoms with van der Waals surface area (Å²) in [6, 6.07) is 6.50. The smallest absolute Gasteiger partial charge is 0.237 e. The van der Waals surface area contributed by atoms with Crippen molar-refractivity contribution in [3.05, 3.63) is 41.0 Å². The molecule has 1 aromatic heterocycles. The van der Waals surface area contributed by atoms with Crippen molar-refractivity contribution in [2.24, 2.45) is 0 Å². The highest BCUT2D eigenvalue weighted by atomic mass is 32.1. The van der Waals surface area contributed by atoms with Gasteiger partial charge in [-0.2, -0.15) is 0 Å². The second kappa shape index (κ2) is 8.03. The van der Waals surface area contributed by atoms with E-state index in [9.17, 15) is 20.1 Å². The predicted octanol–water partition coefficient (Wildman–Crippen LogP) is 0.175. The summed E-state index contributed by atoms with van der Waals surface area (Å²) in [6.45, 7) is 0.0670. The van der Waals surface area contributed by atoms with Crippen LogP contribution in [0.1, 0.15) is 23.7 Å². The third-order valence-electron chi connectivity index (χ3n) is 4.29. The van der Waals surface area contributed by atoms with Gasteiger partial charge in [0.1, 0.15) is 0 Å². The number of carbonyl (C=O) groups is 1. The van der Waals surface area contributed by atoms with Crippen molar-refractivity contribution in [1.82, 2.24) is 15.6 Å². The third kappa shape index (κ3) is 4.05. The van der Waals surface area contributed by atoms with Gasteiger partial charge in [0.15, 0.2) is 0 Å². The van der Waals surface area contributed by atoms with Gasteiger partial charge in [0.2, 0.25) is 5.91 Å². The fourth-order valence-electron chi connectivity index (χ4n) is 2.91. The number of carbonyl (C=O) groups excluding carboxylic acids is 1. The first-order valence-corrected chi connectivity index (χ1v) is 8.96. The minimum atomic E-state index is -0.514. The minimum Gasteiger partial charge on any atom is -0.394 e. The molecule has 0 spiro atoms. The van der Waals surface area contributed by atoms with Crippen LogP contribution in [0.15, 0.2) is 29.8 Å². The zero-order valence-electron chi connectivity index (χ0n) is 13.6. The van der Waals surface area contributed by atoms with Crippen LogP contribution in [0.2, 0.25) is 0 Å². The first-order valence-electron chi connectivity index (χ1n) is 8.08. The number of thiazole rings is 1. The molecule has 1 amide bonds. The summed E-state index contributed by atoms with van der Waals surface area (Å²) in [7, 11) is 0. The lowest BCUT2D eigenvalue weighted by molar-refractivity contribution is -0.124. The van der Waals surface area contributed by atoms with E-state index in [2.05, 4.69) is 15.6 Å². The zero-order chi connectivity index (χ0) is 17.8. The Hall–Kier alpha value is -1.84. The molecule has 1 fully saturated rings. The van der Waals surface area contributed by atoms with E-state index in [1.165, 1.54) is 11.3 Å². The van der Waals surface area contributed by atoms with Gasteiger partial charge in [0.25, 0.3) is 0 Å². The van der Waals surface area contributed by atoms with Crippen LogP contribution >= 0.6 is 11.3 Å². The molecule has 3 atom stereocenters. The molecule has 5 N–H and O–H groups in total. The first-order chi connectivity index (χ1) is 12.1. The highest BCUT2D eigenvalue weighted by Gasteiger charge is 2.29. The summed E-state index contributed by atoms with van der Waals surface area (Å²) < 4.78 is 0. The summed E-state index contributed by atoms with van der Waals surface area (Å²) in [6.07, 6.45) is -0.138. The average Bonchev–Trinajstić information content (AvgIpc) is 3.28. The molecule has 0 saturated carbocycles. The Kier molecular flexibility index (Phi) is 5.77. The lowest BCUT2D eigenvalue weighted by Gasteiger charge is -2.19. The van der Waals surface area contributed by atoms with Crippen molar-refractivity contribution < 1.29 is 20.1 Å². The second-order valence-corrected chi connectivity index (χ2v) is 6.86. The van der Waals surface area contributed by atoms with E-state index < -0.39 is 18.2 Å². The molecule has 1 unspecified atom stereocenters. The molecule has 0 radical (unpaired) electrons. The molecule has 1 saturated heterocycles. The number of hydrogen-bond donors (Lipinski definition) is 5. The van der Waals surface area contributed by atoms with Gasteiger partial charge in [0, 0.05) is 6.54 Å². The van der Waals surface area contributed by atoms with Crippen LogP contribution < -0.4 is 10.6 Å². The van der Waals surface area contributed by atoms with Gasteiger partial charge in [-0.25, -0.2) is 4.98 Å². The normalized spacial score (nSPS) is 21.2. The van der Waals surface area contributed by atoms with Gasteiger partial charge >= 0.3 is 0 Å². The molecule has 25 heavy (non-hydrogen) atoms. The number of aliphatic hydroxyl groups is 3. The monoisotopic (exact) mass is 363 g/mol. The highest BCUT2D eigenvalue weighted by Crippen LogP contribution is 2.28. The lowest BCUT2D eigenvalue weighted by atomic mass is 10.0. The van der Waals surface area contributed by atoms with Crippen LogP contribution in [0, 0.1) is 0 Å². The minimum absolute atomic E-state index is 0.115. The molecule has 0 aliphatic carbocycles. The molecular weight excluding hydrogens is 342 g/mol. The van der Waals surface area contributed by atoms with Crippen molar-refractivity contribution in [2.45, 2.75) is 31.2 Å². The molecule has 2 aromatic rings. The fourth-order valence-corrected chi connectivity index (χ4v) is 3.72. The quantitative estimate of drug-likeness (QED) is 0.500. The Morgan fingerprint density at radius 2 is 2.12 bits per heavy atom. The van der Waals surface area contributed by atoms with E-state index in [-0.39, 0.29) is 19.1 Å². The van der Waals surface area contributed by atoms with Gasteiger partial charge in [-0.3, -0.25) is 4.79 Å². The number of β-amino-alcohol motifs (C(OH)–C–C–N with tert-alkyl or cyclic N) is 1. The molecule has 1 aliphatic rings. The van der Waals surface area contributed by atoms with Crippen LogP contribution in [-0.2, 0) is 11.4 Å². The van der Waals surface area contributed by atoms with Gasteiger partial charge in [-0.15, -0.1) is 11.3 Å². The van der Waals surface area contributed by atoms with E-state index in [4.69, 9.17) is 0 Å². The van der Waals surface area contributed by atoms with Crippen molar-refractivity contribution in [1.29, 1.82) is 0 Å². The molecule has 7 nitrogen and oxygen atoms in total. The Morgan fingerprint density at radius 1 is 1.36 bits per heavy atom. The van der Waals surface area contributed by atoms with Crippen molar-refractivity contribution in [2.75, 3.05) is 13.2 Å². The molecule has 1 aliphatic heterocycles. The molecule has 3 rings (SSSR count). The molecular formula is C17H21N3O4S. The first kappa shape index (κ1) is 18.0. The predicted molar refractivity (Wildman–Crippen MR) is 93.9 cm³/mol. The molecule has 8 heteroatoms. The Morgan fingerprint density at radius 3 is 2.72 bits per heavy atom. The standard InChI is InChI=1S/C17H21N3O4S/c21-7-14(20-17(24)13-5-12(23)6-18-13)10-1-3-11(4-2-10)16-15(8-22)19-9-25-16/h1-4,9,12-14,18,21-23H,5-8H2,(H,20,24)/t12?,13-,14-/m0/s1. The number of benzene rings is 1. The summed E-state index contributed by atoms with van der Waals surface area (Å²) in [5, 5.41) is 34.2. The van der Waals surface area contributed by atoms with Crippen molar-refractivity contribution >= 4 is 17.2 Å². The fraction of sp³-hybridized carbons (Fsp3) is 0.412. The third-order valence-corrected chi connectivity index (χ3v) is 5.21. The van der Waals surface area contributed by atoms with Crippen molar-refractivity contribution in [3.63, 3.8) is 0 Å². The summed E-state index contributed by atoms with van der Waals surface area (Å²) >= 11 is 1.45. The van der Waals surface area contributed by atoms with Crippen molar-refractivity contribution in [3.8, 4) is 10.4 Å². The average molecular weight is 363 g/mol. The van der Waals surface area contributed by atoms with E-state index in [0.717, 1.165) is 16.0 Å². The largest absolute Gasteiger partial charge is 0.394 e. The molecule has 1 aromatic carbocycles. The van der Waals surface area contributed by atoms with Gasteiger partial charge in [-0.05, 0) is 17.5 Å². The van der Waals surface area contributed by atoms with Crippen LogP contribution in [0.4, 0.5) is 0 Å². The lowest BCUT2D eigenvalue weighted by Crippen LogP contribution is -2.42. The van der Waals surface area contributed by atoms with Crippen LogP contribution in [0.5, 0.6) is 0 Å². The Labute approximate surface area is 149 Å². The Balaban J connectivity index is 1.70. The second-order valence-electron chi connectivity index (χ2n) is 6.00. The number of nitrogens with one attached hydrogen (secondary N) is 2. The van der Waals surface area contributed by atoms with E-state index in [1.54, 1.807) is 5.51 Å². The van der Waals surface area contributed by atoms with E-state index >= 15 is 0 Å². The maximum atomic E-state index is 12.2.